The largest absolute Gasteiger partial charge is 0.490 e. The molecular weight excluding hydrogens is 460 g/mol. The Kier molecular flexibility index (Phi) is 5.79. The number of thiazole rings is 1. The highest BCUT2D eigenvalue weighted by Crippen LogP contribution is 2.49. The van der Waals surface area contributed by atoms with E-state index < -0.39 is 6.04 Å². The van der Waals surface area contributed by atoms with Crippen LogP contribution in [0.2, 0.25) is 0 Å². The molecule has 1 fully saturated rings. The van der Waals surface area contributed by atoms with Crippen LogP contribution in [-0.2, 0) is 14.3 Å². The van der Waals surface area contributed by atoms with Gasteiger partial charge < -0.3 is 9.47 Å². The fourth-order valence-corrected chi connectivity index (χ4v) is 6.04. The molecule has 4 unspecified atom stereocenters. The predicted octanol–water partition coefficient (Wildman–Crippen LogP) is 5.04. The number of aromatic nitrogens is 1. The van der Waals surface area contributed by atoms with Crippen LogP contribution in [0.3, 0.4) is 0 Å². The SMILES string of the molecule is C=CCOc1ccc(C2C3=C(OC4CCC(Cl)CC4C3=O)C(=O)N2c2nc(C)c(C)s2)cc1. The Morgan fingerprint density at radius 3 is 2.70 bits per heavy atom. The maximum atomic E-state index is 13.7. The summed E-state index contributed by atoms with van der Waals surface area (Å²) in [6.45, 7) is 7.96. The van der Waals surface area contributed by atoms with Crippen LogP contribution in [0.15, 0.2) is 48.3 Å². The molecule has 2 aliphatic heterocycles. The number of amides is 1. The average Bonchev–Trinajstić information content (AvgIpc) is 3.29. The van der Waals surface area contributed by atoms with Crippen molar-refractivity contribution >= 4 is 39.8 Å². The van der Waals surface area contributed by atoms with E-state index >= 15 is 0 Å². The summed E-state index contributed by atoms with van der Waals surface area (Å²) < 4.78 is 11.8. The maximum absolute atomic E-state index is 13.7. The van der Waals surface area contributed by atoms with Gasteiger partial charge in [-0.05, 0) is 50.8 Å². The number of Topliss-reactive ketones (excluding diaryl/α,β-unsaturated/α-hetero) is 1. The minimum absolute atomic E-state index is 0.0376. The molecule has 172 valence electrons. The van der Waals surface area contributed by atoms with Crippen molar-refractivity contribution in [3.8, 4) is 5.75 Å². The first-order valence-electron chi connectivity index (χ1n) is 11.1. The molecule has 0 bridgehead atoms. The Morgan fingerprint density at radius 1 is 1.27 bits per heavy atom. The van der Waals surface area contributed by atoms with Crippen molar-refractivity contribution < 1.29 is 19.1 Å². The minimum Gasteiger partial charge on any atom is -0.490 e. The first-order chi connectivity index (χ1) is 15.9. The molecule has 0 saturated heterocycles. The van der Waals surface area contributed by atoms with E-state index in [0.717, 1.165) is 22.6 Å². The third kappa shape index (κ3) is 3.77. The Hall–Kier alpha value is -2.64. The number of hydrogen-bond acceptors (Lipinski definition) is 6. The van der Waals surface area contributed by atoms with Crippen LogP contribution in [-0.4, -0.2) is 34.8 Å². The molecule has 33 heavy (non-hydrogen) atoms. The molecule has 4 atom stereocenters. The molecule has 1 aromatic heterocycles. The van der Waals surface area contributed by atoms with E-state index in [1.54, 1.807) is 11.0 Å². The second-order valence-electron chi connectivity index (χ2n) is 8.66. The summed E-state index contributed by atoms with van der Waals surface area (Å²) in [6.07, 6.45) is 3.39. The van der Waals surface area contributed by atoms with E-state index in [4.69, 9.17) is 21.1 Å². The Morgan fingerprint density at radius 2 is 2.03 bits per heavy atom. The second kappa shape index (κ2) is 8.61. The molecule has 1 aromatic carbocycles. The number of hydrogen-bond donors (Lipinski definition) is 0. The number of alkyl halides is 1. The zero-order valence-electron chi connectivity index (χ0n) is 18.5. The summed E-state index contributed by atoms with van der Waals surface area (Å²) in [5.74, 6) is 0.176. The Balaban J connectivity index is 1.59. The molecule has 8 heteroatoms. The highest BCUT2D eigenvalue weighted by atomic mass is 35.5. The van der Waals surface area contributed by atoms with E-state index in [9.17, 15) is 9.59 Å². The van der Waals surface area contributed by atoms with Crippen molar-refractivity contribution in [3.05, 3.63) is 64.4 Å². The number of ketones is 1. The van der Waals surface area contributed by atoms with Gasteiger partial charge in [-0.15, -0.1) is 22.9 Å². The van der Waals surface area contributed by atoms with Gasteiger partial charge in [0, 0.05) is 10.3 Å². The number of ether oxygens (including phenoxy) is 2. The lowest BCUT2D eigenvalue weighted by Gasteiger charge is -2.37. The average molecular weight is 485 g/mol. The quantitative estimate of drug-likeness (QED) is 0.439. The first kappa shape index (κ1) is 22.2. The first-order valence-corrected chi connectivity index (χ1v) is 12.3. The lowest BCUT2D eigenvalue weighted by Crippen LogP contribution is -2.41. The zero-order chi connectivity index (χ0) is 23.3. The lowest BCUT2D eigenvalue weighted by molar-refractivity contribution is -0.131. The Labute approximate surface area is 201 Å². The minimum atomic E-state index is -0.602. The van der Waals surface area contributed by atoms with Crippen molar-refractivity contribution in [1.29, 1.82) is 0 Å². The summed E-state index contributed by atoms with van der Waals surface area (Å²) in [5.41, 5.74) is 2.08. The summed E-state index contributed by atoms with van der Waals surface area (Å²) >= 11 is 7.84. The molecule has 0 spiro atoms. The molecule has 1 amide bonds. The van der Waals surface area contributed by atoms with Crippen LogP contribution in [0.5, 0.6) is 5.75 Å². The smallest absolute Gasteiger partial charge is 0.296 e. The van der Waals surface area contributed by atoms with E-state index in [1.807, 2.05) is 38.1 Å². The van der Waals surface area contributed by atoms with Gasteiger partial charge in [0.15, 0.2) is 16.7 Å². The number of carbonyl (C=O) groups excluding carboxylic acids is 2. The van der Waals surface area contributed by atoms with Gasteiger partial charge in [-0.3, -0.25) is 14.5 Å². The van der Waals surface area contributed by atoms with E-state index in [2.05, 4.69) is 11.6 Å². The summed E-state index contributed by atoms with van der Waals surface area (Å²) in [4.78, 5) is 34.7. The molecular formula is C25H25ClN2O4S. The standard InChI is InChI=1S/C25H25ClN2O4S/c1-4-11-31-17-8-5-15(6-9-17)21-20-22(29)18-12-16(26)7-10-19(18)32-23(20)24(30)28(21)25-27-13(2)14(3)33-25/h4-6,8-9,16,18-19,21H,1,7,10-12H2,2-3H3. The van der Waals surface area contributed by atoms with Gasteiger partial charge in [-0.2, -0.15) is 0 Å². The molecule has 0 N–H and O–H groups in total. The number of rotatable bonds is 5. The molecule has 0 radical (unpaired) electrons. The highest BCUT2D eigenvalue weighted by molar-refractivity contribution is 7.15. The number of fused-ring (bicyclic) bond motifs is 1. The van der Waals surface area contributed by atoms with Crippen LogP contribution in [0.4, 0.5) is 5.13 Å². The van der Waals surface area contributed by atoms with Gasteiger partial charge >= 0.3 is 0 Å². The fraction of sp³-hybridized carbons (Fsp3) is 0.400. The maximum Gasteiger partial charge on any atom is 0.296 e. The topological polar surface area (TPSA) is 68.7 Å². The zero-order valence-corrected chi connectivity index (χ0v) is 20.1. The van der Waals surface area contributed by atoms with Gasteiger partial charge in [-0.25, -0.2) is 4.98 Å². The normalized spacial score (nSPS) is 26.7. The molecule has 3 heterocycles. The van der Waals surface area contributed by atoms with Gasteiger partial charge in [0.2, 0.25) is 0 Å². The van der Waals surface area contributed by atoms with Crippen molar-refractivity contribution in [2.24, 2.45) is 5.92 Å². The van der Waals surface area contributed by atoms with Gasteiger partial charge in [0.1, 0.15) is 18.5 Å². The second-order valence-corrected chi connectivity index (χ2v) is 10.5. The molecule has 2 aromatic rings. The summed E-state index contributed by atoms with van der Waals surface area (Å²) in [7, 11) is 0. The number of halogens is 1. The molecule has 1 aliphatic carbocycles. The van der Waals surface area contributed by atoms with Gasteiger partial charge in [0.05, 0.1) is 23.2 Å². The monoisotopic (exact) mass is 484 g/mol. The van der Waals surface area contributed by atoms with Crippen molar-refractivity contribution in [1.82, 2.24) is 4.98 Å². The number of carbonyl (C=O) groups is 2. The van der Waals surface area contributed by atoms with Crippen molar-refractivity contribution in [3.63, 3.8) is 0 Å². The van der Waals surface area contributed by atoms with Crippen LogP contribution >= 0.6 is 22.9 Å². The van der Waals surface area contributed by atoms with Crippen LogP contribution in [0.25, 0.3) is 0 Å². The summed E-state index contributed by atoms with van der Waals surface area (Å²) in [5, 5.41) is 0.508. The van der Waals surface area contributed by atoms with Crippen LogP contribution < -0.4 is 9.64 Å². The highest BCUT2D eigenvalue weighted by Gasteiger charge is 2.53. The molecule has 5 rings (SSSR count). The van der Waals surface area contributed by atoms with E-state index in [1.165, 1.54) is 11.3 Å². The number of anilines is 1. The number of nitrogens with zero attached hydrogens (tertiary/aromatic N) is 2. The molecule has 1 saturated carbocycles. The molecule has 6 nitrogen and oxygen atoms in total. The molecule has 3 aliphatic rings. The predicted molar refractivity (Wildman–Crippen MR) is 128 cm³/mol. The van der Waals surface area contributed by atoms with Crippen LogP contribution in [0.1, 0.15) is 41.4 Å². The van der Waals surface area contributed by atoms with E-state index in [-0.39, 0.29) is 34.8 Å². The van der Waals surface area contributed by atoms with Crippen LogP contribution in [0, 0.1) is 19.8 Å². The number of benzene rings is 1. The fourth-order valence-electron chi connectivity index (χ4n) is 4.79. The van der Waals surface area contributed by atoms with Gasteiger partial charge in [0.25, 0.3) is 5.91 Å². The third-order valence-corrected chi connectivity index (χ3v) is 8.04. The number of aryl methyl sites for hydroxylation is 2. The van der Waals surface area contributed by atoms with Crippen molar-refractivity contribution in [2.45, 2.75) is 50.6 Å². The lowest BCUT2D eigenvalue weighted by atomic mass is 9.77. The third-order valence-electron chi connectivity index (χ3n) is 6.57. The summed E-state index contributed by atoms with van der Waals surface area (Å²) in [6, 6.07) is 6.85. The van der Waals surface area contributed by atoms with Gasteiger partial charge in [-0.1, -0.05) is 24.8 Å². The van der Waals surface area contributed by atoms with Crippen molar-refractivity contribution in [2.75, 3.05) is 11.5 Å². The van der Waals surface area contributed by atoms with E-state index in [0.29, 0.717) is 35.9 Å². The Bertz CT molecular complexity index is 1140.